The van der Waals surface area contributed by atoms with Gasteiger partial charge in [-0.25, -0.2) is 4.79 Å². The maximum absolute atomic E-state index is 11.9. The minimum Gasteiger partial charge on any atom is -0.480 e. The molecule has 2 rings (SSSR count). The minimum absolute atomic E-state index is 0.0632. The first-order chi connectivity index (χ1) is 7.59. The number of likely N-dealkylation sites (tertiary alicyclic amines) is 1. The molecule has 1 aliphatic rings. The number of carboxylic acids is 1. The Kier molecular flexibility index (Phi) is 2.88. The summed E-state index contributed by atoms with van der Waals surface area (Å²) in [4.78, 5) is 28.1. The van der Waals surface area contributed by atoms with Crippen molar-refractivity contribution in [3.63, 3.8) is 0 Å². The normalized spacial score (nSPS) is 24.7. The molecule has 2 atom stereocenters. The lowest BCUT2D eigenvalue weighted by atomic mass is 10.2. The fourth-order valence-corrected chi connectivity index (χ4v) is 2.31. The second kappa shape index (κ2) is 4.18. The monoisotopic (exact) mass is 242 g/mol. The number of thiazole rings is 1. The highest BCUT2D eigenvalue weighted by Crippen LogP contribution is 2.22. The molecule has 1 fully saturated rings. The van der Waals surface area contributed by atoms with Crippen molar-refractivity contribution in [1.82, 2.24) is 9.88 Å². The van der Waals surface area contributed by atoms with Gasteiger partial charge in [0.15, 0.2) is 0 Å². The smallest absolute Gasteiger partial charge is 0.326 e. The number of carboxylic acid groups (broad SMARTS) is 1. The van der Waals surface area contributed by atoms with E-state index in [0.29, 0.717) is 4.88 Å². The lowest BCUT2D eigenvalue weighted by molar-refractivity contribution is -0.141. The SMILES string of the molecule is O=C(O)[C@@H]1C[C@H](O)CN1C(=O)c1cncs1. The van der Waals surface area contributed by atoms with Gasteiger partial charge in [-0.1, -0.05) is 0 Å². The molecule has 2 N–H and O–H groups in total. The highest BCUT2D eigenvalue weighted by molar-refractivity contribution is 7.11. The number of amides is 1. The van der Waals surface area contributed by atoms with Crippen molar-refractivity contribution in [3.8, 4) is 0 Å². The van der Waals surface area contributed by atoms with Crippen LogP contribution in [0.2, 0.25) is 0 Å². The highest BCUT2D eigenvalue weighted by Gasteiger charge is 2.39. The maximum atomic E-state index is 11.9. The molecule has 1 aromatic heterocycles. The van der Waals surface area contributed by atoms with E-state index in [4.69, 9.17) is 5.11 Å². The van der Waals surface area contributed by atoms with Crippen LogP contribution in [0.4, 0.5) is 0 Å². The molecule has 0 aliphatic carbocycles. The van der Waals surface area contributed by atoms with Gasteiger partial charge in [0.1, 0.15) is 10.9 Å². The molecule has 0 saturated carbocycles. The van der Waals surface area contributed by atoms with Gasteiger partial charge in [0.2, 0.25) is 0 Å². The van der Waals surface area contributed by atoms with Gasteiger partial charge in [-0.2, -0.15) is 0 Å². The summed E-state index contributed by atoms with van der Waals surface area (Å²) >= 11 is 1.16. The number of carbonyl (C=O) groups excluding carboxylic acids is 1. The third kappa shape index (κ3) is 1.91. The molecule has 0 unspecified atom stereocenters. The lowest BCUT2D eigenvalue weighted by Crippen LogP contribution is -2.40. The zero-order chi connectivity index (χ0) is 11.7. The zero-order valence-corrected chi connectivity index (χ0v) is 9.05. The summed E-state index contributed by atoms with van der Waals surface area (Å²) in [6.45, 7) is 0.0632. The molecule has 0 aromatic carbocycles. The predicted octanol–water partition coefficient (Wildman–Crippen LogP) is -0.197. The molecular formula is C9H10N2O4S. The Hall–Kier alpha value is -1.47. The molecule has 2 heterocycles. The van der Waals surface area contributed by atoms with Crippen LogP contribution in [-0.2, 0) is 4.79 Å². The molecule has 86 valence electrons. The number of aliphatic carboxylic acids is 1. The summed E-state index contributed by atoms with van der Waals surface area (Å²) < 4.78 is 0. The van der Waals surface area contributed by atoms with E-state index in [9.17, 15) is 14.7 Å². The van der Waals surface area contributed by atoms with Crippen LogP contribution in [0.15, 0.2) is 11.7 Å². The van der Waals surface area contributed by atoms with Crippen molar-refractivity contribution in [2.45, 2.75) is 18.6 Å². The van der Waals surface area contributed by atoms with Crippen molar-refractivity contribution >= 4 is 23.2 Å². The van der Waals surface area contributed by atoms with Crippen molar-refractivity contribution in [2.75, 3.05) is 6.54 Å². The number of carbonyl (C=O) groups is 2. The van der Waals surface area contributed by atoms with Gasteiger partial charge in [0, 0.05) is 13.0 Å². The molecule has 0 radical (unpaired) electrons. The number of hydrogen-bond acceptors (Lipinski definition) is 5. The Bertz CT molecular complexity index is 406. The van der Waals surface area contributed by atoms with Gasteiger partial charge in [-0.15, -0.1) is 11.3 Å². The summed E-state index contributed by atoms with van der Waals surface area (Å²) in [6.07, 6.45) is 0.717. The number of nitrogens with zero attached hydrogens (tertiary/aromatic N) is 2. The predicted molar refractivity (Wildman–Crippen MR) is 55.2 cm³/mol. The summed E-state index contributed by atoms with van der Waals surface area (Å²) in [5.41, 5.74) is 1.51. The van der Waals surface area contributed by atoms with Crippen LogP contribution in [0, 0.1) is 0 Å². The molecule has 1 amide bonds. The van der Waals surface area contributed by atoms with E-state index in [1.54, 1.807) is 0 Å². The fourth-order valence-electron chi connectivity index (χ4n) is 1.74. The van der Waals surface area contributed by atoms with E-state index < -0.39 is 18.1 Å². The van der Waals surface area contributed by atoms with Crippen LogP contribution < -0.4 is 0 Å². The molecule has 6 nitrogen and oxygen atoms in total. The largest absolute Gasteiger partial charge is 0.480 e. The van der Waals surface area contributed by atoms with Crippen LogP contribution in [0.1, 0.15) is 16.1 Å². The third-order valence-corrected chi connectivity index (χ3v) is 3.23. The Labute approximate surface area is 95.1 Å². The van der Waals surface area contributed by atoms with E-state index in [1.165, 1.54) is 16.6 Å². The first kappa shape index (κ1) is 11.0. The number of aliphatic hydroxyl groups is 1. The number of β-amino-alcohol motifs (C(OH)–C–C–N with tert-alkyl or cyclic N) is 1. The second-order valence-corrected chi connectivity index (χ2v) is 4.45. The van der Waals surface area contributed by atoms with Gasteiger partial charge in [-0.05, 0) is 0 Å². The maximum Gasteiger partial charge on any atom is 0.326 e. The highest BCUT2D eigenvalue weighted by atomic mass is 32.1. The topological polar surface area (TPSA) is 90.7 Å². The summed E-state index contributed by atoms with van der Waals surface area (Å²) in [5, 5.41) is 18.3. The average Bonchev–Trinajstić information content (AvgIpc) is 2.84. The van der Waals surface area contributed by atoms with Gasteiger partial charge < -0.3 is 15.1 Å². The van der Waals surface area contributed by atoms with Crippen molar-refractivity contribution in [1.29, 1.82) is 0 Å². The van der Waals surface area contributed by atoms with E-state index in [2.05, 4.69) is 4.98 Å². The molecule has 1 aliphatic heterocycles. The first-order valence-corrected chi connectivity index (χ1v) is 5.58. The molecular weight excluding hydrogens is 232 g/mol. The Morgan fingerprint density at radius 1 is 1.56 bits per heavy atom. The lowest BCUT2D eigenvalue weighted by Gasteiger charge is -2.19. The second-order valence-electron chi connectivity index (χ2n) is 3.57. The van der Waals surface area contributed by atoms with Gasteiger partial charge >= 0.3 is 5.97 Å². The molecule has 1 saturated heterocycles. The van der Waals surface area contributed by atoms with Crippen molar-refractivity contribution in [2.24, 2.45) is 0 Å². The third-order valence-electron chi connectivity index (χ3n) is 2.47. The number of aliphatic hydroxyl groups excluding tert-OH is 1. The van der Waals surface area contributed by atoms with Crippen molar-refractivity contribution < 1.29 is 19.8 Å². The van der Waals surface area contributed by atoms with Crippen molar-refractivity contribution in [3.05, 3.63) is 16.6 Å². The average molecular weight is 242 g/mol. The molecule has 0 bridgehead atoms. The van der Waals surface area contributed by atoms with E-state index in [-0.39, 0.29) is 18.9 Å². The van der Waals surface area contributed by atoms with Crippen LogP contribution in [0.5, 0.6) is 0 Å². The quantitative estimate of drug-likeness (QED) is 0.749. The van der Waals surface area contributed by atoms with E-state index >= 15 is 0 Å². The van der Waals surface area contributed by atoms with Gasteiger partial charge in [0.25, 0.3) is 5.91 Å². The van der Waals surface area contributed by atoms with E-state index in [0.717, 1.165) is 11.3 Å². The first-order valence-electron chi connectivity index (χ1n) is 4.70. The van der Waals surface area contributed by atoms with Crippen LogP contribution in [-0.4, -0.2) is 50.7 Å². The summed E-state index contributed by atoms with van der Waals surface area (Å²) in [7, 11) is 0. The fraction of sp³-hybridized carbons (Fsp3) is 0.444. The van der Waals surface area contributed by atoms with Gasteiger partial charge in [-0.3, -0.25) is 9.78 Å². The van der Waals surface area contributed by atoms with Crippen LogP contribution in [0.25, 0.3) is 0 Å². The molecule has 1 aromatic rings. The van der Waals surface area contributed by atoms with Crippen LogP contribution in [0.3, 0.4) is 0 Å². The number of aromatic nitrogens is 1. The van der Waals surface area contributed by atoms with Gasteiger partial charge in [0.05, 0.1) is 17.8 Å². The summed E-state index contributed by atoms with van der Waals surface area (Å²) in [6, 6.07) is -0.940. The number of rotatable bonds is 2. The molecule has 16 heavy (non-hydrogen) atoms. The van der Waals surface area contributed by atoms with Crippen LogP contribution >= 0.6 is 11.3 Å². The Morgan fingerprint density at radius 3 is 2.88 bits per heavy atom. The zero-order valence-electron chi connectivity index (χ0n) is 8.24. The standard InChI is InChI=1S/C9H10N2O4S/c12-5-1-6(9(14)15)11(3-5)8(13)7-2-10-4-16-7/h2,4-6,12H,1,3H2,(H,14,15)/t5-,6-/m0/s1. The molecule has 0 spiro atoms. The number of hydrogen-bond donors (Lipinski definition) is 2. The Morgan fingerprint density at radius 2 is 2.31 bits per heavy atom. The Balaban J connectivity index is 2.20. The van der Waals surface area contributed by atoms with E-state index in [1.807, 2.05) is 0 Å². The molecule has 7 heteroatoms. The summed E-state index contributed by atoms with van der Waals surface area (Å²) in [5.74, 6) is -1.47. The minimum atomic E-state index is -1.09.